The van der Waals surface area contributed by atoms with Crippen molar-refractivity contribution >= 4 is 31.9 Å². The minimum Gasteiger partial charge on any atom is -0.384 e. The van der Waals surface area contributed by atoms with Gasteiger partial charge in [0.1, 0.15) is 11.9 Å². The van der Waals surface area contributed by atoms with Gasteiger partial charge in [0.25, 0.3) is 0 Å². The summed E-state index contributed by atoms with van der Waals surface area (Å²) in [5, 5.41) is 10.3. The molecule has 2 rings (SSSR count). The molecule has 0 aliphatic heterocycles. The predicted octanol–water partition coefficient (Wildman–Crippen LogP) is 4.74. The van der Waals surface area contributed by atoms with E-state index in [1.165, 1.54) is 6.07 Å². The Morgan fingerprint density at radius 3 is 2.50 bits per heavy atom. The fourth-order valence-electron chi connectivity index (χ4n) is 1.76. The molecule has 0 amide bonds. The largest absolute Gasteiger partial charge is 0.384 e. The Labute approximate surface area is 122 Å². The maximum Gasteiger partial charge on any atom is 0.129 e. The molecule has 0 saturated heterocycles. The summed E-state index contributed by atoms with van der Waals surface area (Å²) in [6.07, 6.45) is -0.989. The van der Waals surface area contributed by atoms with Crippen molar-refractivity contribution in [3.05, 3.63) is 67.9 Å². The number of aryl methyl sites for hydroxylation is 1. The highest BCUT2D eigenvalue weighted by atomic mass is 79.9. The molecule has 0 radical (unpaired) electrons. The van der Waals surface area contributed by atoms with E-state index in [0.29, 0.717) is 5.56 Å². The molecule has 0 bridgehead atoms. The first-order valence-electron chi connectivity index (χ1n) is 5.38. The lowest BCUT2D eigenvalue weighted by Crippen LogP contribution is -2.04. The Morgan fingerprint density at radius 1 is 1.06 bits per heavy atom. The Balaban J connectivity index is 2.50. The van der Waals surface area contributed by atoms with Crippen molar-refractivity contribution < 1.29 is 9.50 Å². The van der Waals surface area contributed by atoms with Crippen LogP contribution in [0.1, 0.15) is 22.8 Å². The zero-order chi connectivity index (χ0) is 13.3. The van der Waals surface area contributed by atoms with E-state index in [-0.39, 0.29) is 5.56 Å². The molecule has 94 valence electrons. The van der Waals surface area contributed by atoms with Crippen molar-refractivity contribution in [3.63, 3.8) is 0 Å². The van der Waals surface area contributed by atoms with Gasteiger partial charge in [-0.05, 0) is 36.8 Å². The van der Waals surface area contributed by atoms with E-state index in [2.05, 4.69) is 31.9 Å². The highest BCUT2D eigenvalue weighted by molar-refractivity contribution is 9.10. The van der Waals surface area contributed by atoms with E-state index in [0.717, 1.165) is 14.5 Å². The van der Waals surface area contributed by atoms with Gasteiger partial charge in [0.15, 0.2) is 0 Å². The van der Waals surface area contributed by atoms with Crippen molar-refractivity contribution in [3.8, 4) is 0 Å². The first-order chi connectivity index (χ1) is 8.49. The van der Waals surface area contributed by atoms with E-state index in [1.54, 1.807) is 12.1 Å². The molecule has 0 aromatic heterocycles. The molecule has 0 heterocycles. The molecule has 1 N–H and O–H groups in total. The van der Waals surface area contributed by atoms with Gasteiger partial charge in [-0.25, -0.2) is 4.39 Å². The maximum absolute atomic E-state index is 13.7. The highest BCUT2D eigenvalue weighted by Gasteiger charge is 2.18. The number of aliphatic hydroxyl groups excluding tert-OH is 1. The molecule has 0 spiro atoms. The molecule has 2 aromatic carbocycles. The average Bonchev–Trinajstić information content (AvgIpc) is 2.34. The first kappa shape index (κ1) is 13.7. The fraction of sp³-hybridized carbons (Fsp3) is 0.143. The van der Waals surface area contributed by atoms with Crippen LogP contribution in [0.4, 0.5) is 4.39 Å². The zero-order valence-corrected chi connectivity index (χ0v) is 12.8. The molecule has 2 aromatic rings. The standard InChI is InChI=1S/C14H11Br2FO/c1-8-2-4-12(16)10(6-8)14(18)11-7-9(15)3-5-13(11)17/h2-7,14,18H,1H3. The topological polar surface area (TPSA) is 20.2 Å². The summed E-state index contributed by atoms with van der Waals surface area (Å²) < 4.78 is 15.2. The van der Waals surface area contributed by atoms with Gasteiger partial charge in [-0.1, -0.05) is 49.6 Å². The molecular formula is C14H11Br2FO. The summed E-state index contributed by atoms with van der Waals surface area (Å²) in [7, 11) is 0. The second-order valence-corrected chi connectivity index (χ2v) is 5.86. The van der Waals surface area contributed by atoms with Crippen LogP contribution in [0.25, 0.3) is 0 Å². The van der Waals surface area contributed by atoms with Crippen LogP contribution in [-0.4, -0.2) is 5.11 Å². The minimum atomic E-state index is -0.989. The van der Waals surface area contributed by atoms with Crippen LogP contribution >= 0.6 is 31.9 Å². The summed E-state index contributed by atoms with van der Waals surface area (Å²) in [6.45, 7) is 1.93. The fourth-order valence-corrected chi connectivity index (χ4v) is 2.61. The molecular weight excluding hydrogens is 363 g/mol. The zero-order valence-electron chi connectivity index (χ0n) is 9.62. The first-order valence-corrected chi connectivity index (χ1v) is 6.96. The van der Waals surface area contributed by atoms with Crippen molar-refractivity contribution in [1.29, 1.82) is 0 Å². The molecule has 1 nitrogen and oxygen atoms in total. The van der Waals surface area contributed by atoms with Crippen LogP contribution in [-0.2, 0) is 0 Å². The van der Waals surface area contributed by atoms with Gasteiger partial charge in [-0.15, -0.1) is 0 Å². The molecule has 18 heavy (non-hydrogen) atoms. The SMILES string of the molecule is Cc1ccc(Br)c(C(O)c2cc(Br)ccc2F)c1. The summed E-state index contributed by atoms with van der Waals surface area (Å²) in [5.41, 5.74) is 1.94. The lowest BCUT2D eigenvalue weighted by Gasteiger charge is -2.15. The third-order valence-corrected chi connectivity index (χ3v) is 3.91. The van der Waals surface area contributed by atoms with E-state index < -0.39 is 11.9 Å². The van der Waals surface area contributed by atoms with E-state index in [9.17, 15) is 9.50 Å². The van der Waals surface area contributed by atoms with E-state index in [1.807, 2.05) is 25.1 Å². The quantitative estimate of drug-likeness (QED) is 0.805. The van der Waals surface area contributed by atoms with Gasteiger partial charge in [0.2, 0.25) is 0 Å². The predicted molar refractivity (Wildman–Crippen MR) is 77.0 cm³/mol. The van der Waals surface area contributed by atoms with Gasteiger partial charge < -0.3 is 5.11 Å². The third-order valence-electron chi connectivity index (χ3n) is 2.70. The van der Waals surface area contributed by atoms with Gasteiger partial charge in [-0.2, -0.15) is 0 Å². The van der Waals surface area contributed by atoms with Crippen LogP contribution in [0.5, 0.6) is 0 Å². The van der Waals surface area contributed by atoms with Crippen LogP contribution in [0.2, 0.25) is 0 Å². The van der Waals surface area contributed by atoms with Crippen LogP contribution in [0.3, 0.4) is 0 Å². The molecule has 1 unspecified atom stereocenters. The van der Waals surface area contributed by atoms with E-state index in [4.69, 9.17) is 0 Å². The maximum atomic E-state index is 13.7. The van der Waals surface area contributed by atoms with Gasteiger partial charge in [-0.3, -0.25) is 0 Å². The molecule has 0 saturated carbocycles. The number of aliphatic hydroxyl groups is 1. The van der Waals surface area contributed by atoms with Gasteiger partial charge in [0.05, 0.1) is 0 Å². The number of benzene rings is 2. The molecule has 1 atom stereocenters. The van der Waals surface area contributed by atoms with Gasteiger partial charge >= 0.3 is 0 Å². The minimum absolute atomic E-state index is 0.260. The normalized spacial score (nSPS) is 12.5. The Morgan fingerprint density at radius 2 is 1.78 bits per heavy atom. The molecule has 0 aliphatic carbocycles. The average molecular weight is 374 g/mol. The summed E-state index contributed by atoms with van der Waals surface area (Å²) >= 11 is 6.66. The second kappa shape index (κ2) is 5.51. The number of hydrogen-bond acceptors (Lipinski definition) is 1. The van der Waals surface area contributed by atoms with Crippen molar-refractivity contribution in [2.24, 2.45) is 0 Å². The van der Waals surface area contributed by atoms with Crippen LogP contribution in [0.15, 0.2) is 45.3 Å². The van der Waals surface area contributed by atoms with E-state index >= 15 is 0 Å². The van der Waals surface area contributed by atoms with Crippen molar-refractivity contribution in [2.75, 3.05) is 0 Å². The number of rotatable bonds is 2. The lowest BCUT2D eigenvalue weighted by molar-refractivity contribution is 0.214. The van der Waals surface area contributed by atoms with Crippen molar-refractivity contribution in [1.82, 2.24) is 0 Å². The molecule has 4 heteroatoms. The second-order valence-electron chi connectivity index (χ2n) is 4.09. The Bertz CT molecular complexity index is 533. The molecule has 0 fully saturated rings. The van der Waals surface area contributed by atoms with Crippen LogP contribution < -0.4 is 0 Å². The molecule has 0 aliphatic rings. The summed E-state index contributed by atoms with van der Waals surface area (Å²) in [5.74, 6) is -0.417. The number of halogens is 3. The smallest absolute Gasteiger partial charge is 0.129 e. The highest BCUT2D eigenvalue weighted by Crippen LogP contribution is 2.31. The summed E-state index contributed by atoms with van der Waals surface area (Å²) in [6, 6.07) is 10.2. The monoisotopic (exact) mass is 372 g/mol. The van der Waals surface area contributed by atoms with Crippen LogP contribution in [0, 0.1) is 12.7 Å². The number of hydrogen-bond donors (Lipinski definition) is 1. The Kier molecular flexibility index (Phi) is 4.20. The summed E-state index contributed by atoms with van der Waals surface area (Å²) in [4.78, 5) is 0. The Hall–Kier alpha value is -0.710. The van der Waals surface area contributed by atoms with Crippen molar-refractivity contribution in [2.45, 2.75) is 13.0 Å². The lowest BCUT2D eigenvalue weighted by atomic mass is 10.00. The third kappa shape index (κ3) is 2.82. The van der Waals surface area contributed by atoms with Gasteiger partial charge in [0, 0.05) is 14.5 Å².